The Hall–Kier alpha value is -1.88. The van der Waals surface area contributed by atoms with E-state index in [2.05, 4.69) is 10.3 Å². The van der Waals surface area contributed by atoms with E-state index in [-0.39, 0.29) is 5.11 Å². The number of benzene rings is 1. The highest BCUT2D eigenvalue weighted by Gasteiger charge is 2.08. The molecule has 0 spiro atoms. The van der Waals surface area contributed by atoms with Crippen LogP contribution in [0.5, 0.6) is 0 Å². The van der Waals surface area contributed by atoms with Crippen molar-refractivity contribution in [2.24, 2.45) is 5.73 Å². The molecular formula is C12H14N4S. The topological polar surface area (TPSA) is 54.2 Å². The van der Waals surface area contributed by atoms with E-state index in [1.807, 2.05) is 43.3 Å². The lowest BCUT2D eigenvalue weighted by molar-refractivity contribution is 1.13. The average Bonchev–Trinajstić information content (AvgIpc) is 2.28. The van der Waals surface area contributed by atoms with Crippen molar-refractivity contribution in [1.82, 2.24) is 4.98 Å². The molecule has 0 saturated carbocycles. The fraction of sp³-hybridized carbons (Fsp3) is 0.167. The number of hydrogen-bond acceptors (Lipinski definition) is 3. The highest BCUT2D eigenvalue weighted by molar-refractivity contribution is 7.80. The van der Waals surface area contributed by atoms with E-state index < -0.39 is 0 Å². The van der Waals surface area contributed by atoms with Crippen LogP contribution >= 0.6 is 12.2 Å². The largest absolute Gasteiger partial charge is 0.376 e. The second-order valence-electron chi connectivity index (χ2n) is 3.92. The maximum absolute atomic E-state index is 5.50. The van der Waals surface area contributed by atoms with Gasteiger partial charge in [0.1, 0.15) is 0 Å². The maximum Gasteiger partial charge on any atom is 0.168 e. The Bertz CT molecular complexity index is 565. The lowest BCUT2D eigenvalue weighted by Crippen LogP contribution is -2.19. The van der Waals surface area contributed by atoms with E-state index >= 15 is 0 Å². The van der Waals surface area contributed by atoms with Gasteiger partial charge in [0, 0.05) is 31.4 Å². The molecule has 0 fully saturated rings. The third kappa shape index (κ3) is 2.29. The van der Waals surface area contributed by atoms with Crippen LogP contribution in [-0.2, 0) is 0 Å². The third-order valence-corrected chi connectivity index (χ3v) is 2.59. The molecule has 4 nitrogen and oxygen atoms in total. The standard InChI is InChI=1S/C12H14N4S/c1-16(2)10-6-5-9(15-12(13)17)8-4-3-7-14-11(8)10/h3-7H,1-2H3,(H3,13,15,17). The molecule has 2 rings (SSSR count). The van der Waals surface area contributed by atoms with Crippen molar-refractivity contribution in [2.45, 2.75) is 0 Å². The molecule has 0 bridgehead atoms. The number of nitrogens with two attached hydrogens (primary N) is 1. The number of fused-ring (bicyclic) bond motifs is 1. The summed E-state index contributed by atoms with van der Waals surface area (Å²) in [6, 6.07) is 7.84. The van der Waals surface area contributed by atoms with E-state index in [4.69, 9.17) is 18.0 Å². The number of anilines is 2. The zero-order chi connectivity index (χ0) is 12.4. The SMILES string of the molecule is CN(C)c1ccc(NC(N)=S)c2cccnc12. The molecular weight excluding hydrogens is 232 g/mol. The first kappa shape index (κ1) is 11.6. The van der Waals surface area contributed by atoms with Crippen LogP contribution in [0.4, 0.5) is 11.4 Å². The van der Waals surface area contributed by atoms with Gasteiger partial charge in [0.2, 0.25) is 0 Å². The molecule has 1 aromatic heterocycles. The van der Waals surface area contributed by atoms with Gasteiger partial charge in [-0.15, -0.1) is 0 Å². The molecule has 0 saturated heterocycles. The van der Waals surface area contributed by atoms with Gasteiger partial charge in [-0.25, -0.2) is 0 Å². The summed E-state index contributed by atoms with van der Waals surface area (Å²) in [6.45, 7) is 0. The lowest BCUT2D eigenvalue weighted by atomic mass is 10.1. The van der Waals surface area contributed by atoms with E-state index in [0.29, 0.717) is 0 Å². The number of nitrogens with one attached hydrogen (secondary N) is 1. The second-order valence-corrected chi connectivity index (χ2v) is 4.36. The van der Waals surface area contributed by atoms with Crippen LogP contribution in [0, 0.1) is 0 Å². The number of pyridine rings is 1. The number of rotatable bonds is 2. The fourth-order valence-corrected chi connectivity index (χ4v) is 1.87. The van der Waals surface area contributed by atoms with Gasteiger partial charge in [-0.05, 0) is 36.5 Å². The van der Waals surface area contributed by atoms with E-state index in [1.165, 1.54) is 0 Å². The molecule has 0 unspecified atom stereocenters. The van der Waals surface area contributed by atoms with Gasteiger partial charge in [-0.3, -0.25) is 4.98 Å². The first-order valence-electron chi connectivity index (χ1n) is 5.21. The molecule has 0 aliphatic carbocycles. The number of thiocarbonyl (C=S) groups is 1. The van der Waals surface area contributed by atoms with Crippen LogP contribution in [0.2, 0.25) is 0 Å². The molecule has 1 heterocycles. The Kier molecular flexibility index (Phi) is 3.10. The summed E-state index contributed by atoms with van der Waals surface area (Å²) in [4.78, 5) is 6.43. The van der Waals surface area contributed by atoms with Gasteiger partial charge >= 0.3 is 0 Å². The second kappa shape index (κ2) is 4.55. The van der Waals surface area contributed by atoms with Crippen LogP contribution in [-0.4, -0.2) is 24.2 Å². The zero-order valence-electron chi connectivity index (χ0n) is 9.77. The van der Waals surface area contributed by atoms with Crippen molar-refractivity contribution < 1.29 is 0 Å². The monoisotopic (exact) mass is 246 g/mol. The van der Waals surface area contributed by atoms with Gasteiger partial charge in [-0.1, -0.05) is 0 Å². The first-order valence-corrected chi connectivity index (χ1v) is 5.62. The Morgan fingerprint density at radius 1 is 1.35 bits per heavy atom. The van der Waals surface area contributed by atoms with E-state index in [1.54, 1.807) is 6.20 Å². The molecule has 1 aromatic carbocycles. The van der Waals surface area contributed by atoms with Gasteiger partial charge < -0.3 is 16.0 Å². The summed E-state index contributed by atoms with van der Waals surface area (Å²) in [7, 11) is 3.98. The fourth-order valence-electron chi connectivity index (χ4n) is 1.76. The summed E-state index contributed by atoms with van der Waals surface area (Å²) in [6.07, 6.45) is 1.78. The Balaban J connectivity index is 2.66. The quantitative estimate of drug-likeness (QED) is 0.793. The molecule has 5 heteroatoms. The van der Waals surface area contributed by atoms with Crippen molar-refractivity contribution in [3.05, 3.63) is 30.5 Å². The summed E-state index contributed by atoms with van der Waals surface area (Å²) in [5.74, 6) is 0. The predicted molar refractivity (Wildman–Crippen MR) is 76.5 cm³/mol. The molecule has 0 radical (unpaired) electrons. The highest BCUT2D eigenvalue weighted by Crippen LogP contribution is 2.29. The van der Waals surface area contributed by atoms with Gasteiger partial charge in [-0.2, -0.15) is 0 Å². The summed E-state index contributed by atoms with van der Waals surface area (Å²) >= 11 is 4.86. The maximum atomic E-state index is 5.50. The zero-order valence-corrected chi connectivity index (χ0v) is 10.6. The average molecular weight is 246 g/mol. The summed E-state index contributed by atoms with van der Waals surface area (Å²) in [5, 5.41) is 4.23. The van der Waals surface area contributed by atoms with Crippen molar-refractivity contribution in [2.75, 3.05) is 24.3 Å². The van der Waals surface area contributed by atoms with Gasteiger partial charge in [0.15, 0.2) is 5.11 Å². The Morgan fingerprint density at radius 2 is 2.12 bits per heavy atom. The lowest BCUT2D eigenvalue weighted by Gasteiger charge is -2.16. The Morgan fingerprint density at radius 3 is 2.76 bits per heavy atom. The molecule has 17 heavy (non-hydrogen) atoms. The normalized spacial score (nSPS) is 10.2. The number of hydrogen-bond donors (Lipinski definition) is 2. The van der Waals surface area contributed by atoms with Crippen LogP contribution in [0.25, 0.3) is 10.9 Å². The number of nitrogens with zero attached hydrogens (tertiary/aromatic N) is 2. The minimum atomic E-state index is 0.257. The molecule has 2 aromatic rings. The van der Waals surface area contributed by atoms with Crippen LogP contribution < -0.4 is 16.0 Å². The van der Waals surface area contributed by atoms with E-state index in [0.717, 1.165) is 22.3 Å². The Labute approximate surface area is 105 Å². The molecule has 0 atom stereocenters. The third-order valence-electron chi connectivity index (χ3n) is 2.49. The summed E-state index contributed by atoms with van der Waals surface area (Å²) < 4.78 is 0. The van der Waals surface area contributed by atoms with Crippen LogP contribution in [0.3, 0.4) is 0 Å². The molecule has 88 valence electrons. The molecule has 0 amide bonds. The van der Waals surface area contributed by atoms with E-state index in [9.17, 15) is 0 Å². The summed E-state index contributed by atoms with van der Waals surface area (Å²) in [5.41, 5.74) is 8.38. The highest BCUT2D eigenvalue weighted by atomic mass is 32.1. The minimum Gasteiger partial charge on any atom is -0.376 e. The molecule has 3 N–H and O–H groups in total. The predicted octanol–water partition coefficient (Wildman–Crippen LogP) is 1.96. The minimum absolute atomic E-state index is 0.257. The first-order chi connectivity index (χ1) is 8.09. The van der Waals surface area contributed by atoms with Crippen molar-refractivity contribution >= 4 is 39.6 Å². The van der Waals surface area contributed by atoms with Gasteiger partial charge in [0.25, 0.3) is 0 Å². The molecule has 0 aliphatic heterocycles. The van der Waals surface area contributed by atoms with Crippen molar-refractivity contribution in [3.63, 3.8) is 0 Å². The van der Waals surface area contributed by atoms with Crippen LogP contribution in [0.15, 0.2) is 30.5 Å². The van der Waals surface area contributed by atoms with Crippen LogP contribution in [0.1, 0.15) is 0 Å². The smallest absolute Gasteiger partial charge is 0.168 e. The van der Waals surface area contributed by atoms with Gasteiger partial charge in [0.05, 0.1) is 11.2 Å². The number of aromatic nitrogens is 1. The molecule has 0 aliphatic rings. The van der Waals surface area contributed by atoms with Crippen molar-refractivity contribution in [3.8, 4) is 0 Å². The van der Waals surface area contributed by atoms with Crippen molar-refractivity contribution in [1.29, 1.82) is 0 Å².